The lowest BCUT2D eigenvalue weighted by Crippen LogP contribution is -1.99. The Balaban J connectivity index is 3.36. The average Bonchev–Trinajstić information content (AvgIpc) is 2.15. The first-order chi connectivity index (χ1) is 7.45. The predicted molar refractivity (Wildman–Crippen MR) is 61.9 cm³/mol. The number of aliphatic carboxylic acids is 1. The van der Waals surface area contributed by atoms with Crippen LogP contribution in [0.1, 0.15) is 22.3 Å². The molecule has 16 heavy (non-hydrogen) atoms. The van der Waals surface area contributed by atoms with Crippen molar-refractivity contribution in [2.45, 2.75) is 20.8 Å². The Morgan fingerprint density at radius 2 is 1.81 bits per heavy atom. The van der Waals surface area contributed by atoms with Gasteiger partial charge in [0.2, 0.25) is 0 Å². The summed E-state index contributed by atoms with van der Waals surface area (Å²) in [5.74, 6) is -1.19. The van der Waals surface area contributed by atoms with Crippen LogP contribution in [0.3, 0.4) is 0 Å². The third kappa shape index (κ3) is 2.48. The van der Waals surface area contributed by atoms with Crippen molar-refractivity contribution in [2.24, 2.45) is 0 Å². The summed E-state index contributed by atoms with van der Waals surface area (Å²) < 4.78 is 0. The number of hydrogen-bond acceptors (Lipinski definition) is 2. The minimum absolute atomic E-state index is 0.241. The van der Waals surface area contributed by atoms with Crippen LogP contribution in [-0.4, -0.2) is 11.1 Å². The molecule has 0 aliphatic carbocycles. The molecule has 0 aliphatic heterocycles. The average molecular weight is 215 g/mol. The van der Waals surface area contributed by atoms with Crippen LogP contribution in [0.2, 0.25) is 0 Å². The Bertz CT molecular complexity index is 484. The Morgan fingerprint density at radius 1 is 1.31 bits per heavy atom. The first-order valence-corrected chi connectivity index (χ1v) is 4.88. The van der Waals surface area contributed by atoms with Crippen molar-refractivity contribution in [2.75, 3.05) is 0 Å². The molecular weight excluding hydrogens is 202 g/mol. The Kier molecular flexibility index (Phi) is 3.47. The van der Waals surface area contributed by atoms with Gasteiger partial charge in [-0.1, -0.05) is 17.7 Å². The number of carboxylic acids is 1. The fourth-order valence-electron chi connectivity index (χ4n) is 1.71. The van der Waals surface area contributed by atoms with Gasteiger partial charge in [0.25, 0.3) is 0 Å². The van der Waals surface area contributed by atoms with Crippen LogP contribution in [-0.2, 0) is 4.79 Å². The molecule has 1 aromatic rings. The van der Waals surface area contributed by atoms with E-state index < -0.39 is 5.97 Å². The molecule has 0 unspecified atom stereocenters. The second-order valence-electron chi connectivity index (χ2n) is 3.79. The van der Waals surface area contributed by atoms with E-state index in [9.17, 15) is 4.79 Å². The molecule has 0 aliphatic rings. The molecule has 82 valence electrons. The molecule has 0 bridgehead atoms. The second kappa shape index (κ2) is 4.63. The topological polar surface area (TPSA) is 61.1 Å². The van der Waals surface area contributed by atoms with E-state index in [1.165, 1.54) is 6.08 Å². The lowest BCUT2D eigenvalue weighted by atomic mass is 9.98. The van der Waals surface area contributed by atoms with Gasteiger partial charge in [-0.2, -0.15) is 5.26 Å². The Hall–Kier alpha value is -2.08. The summed E-state index contributed by atoms with van der Waals surface area (Å²) in [5, 5.41) is 17.5. The fourth-order valence-corrected chi connectivity index (χ4v) is 1.71. The van der Waals surface area contributed by atoms with E-state index >= 15 is 0 Å². The molecule has 3 nitrogen and oxygen atoms in total. The zero-order valence-corrected chi connectivity index (χ0v) is 9.53. The van der Waals surface area contributed by atoms with Crippen molar-refractivity contribution in [1.29, 1.82) is 5.26 Å². The van der Waals surface area contributed by atoms with Crippen LogP contribution >= 0.6 is 0 Å². The molecule has 0 spiro atoms. The van der Waals surface area contributed by atoms with Crippen molar-refractivity contribution in [1.82, 2.24) is 0 Å². The number of carbonyl (C=O) groups is 1. The van der Waals surface area contributed by atoms with Crippen molar-refractivity contribution in [3.8, 4) is 6.07 Å². The van der Waals surface area contributed by atoms with Gasteiger partial charge in [-0.3, -0.25) is 0 Å². The summed E-state index contributed by atoms with van der Waals surface area (Å²) in [7, 11) is 0. The summed E-state index contributed by atoms with van der Waals surface area (Å²) in [5.41, 5.74) is 3.65. The predicted octanol–water partition coefficient (Wildman–Crippen LogP) is 2.60. The van der Waals surface area contributed by atoms with Gasteiger partial charge in [-0.05, 0) is 43.5 Å². The number of aryl methyl sites for hydroxylation is 3. The van der Waals surface area contributed by atoms with Gasteiger partial charge in [0.15, 0.2) is 0 Å². The maximum atomic E-state index is 10.7. The monoisotopic (exact) mass is 215 g/mol. The largest absolute Gasteiger partial charge is 0.477 e. The van der Waals surface area contributed by atoms with Crippen LogP contribution in [0.4, 0.5) is 0 Å². The molecule has 1 aromatic carbocycles. The van der Waals surface area contributed by atoms with E-state index in [0.717, 1.165) is 22.3 Å². The zero-order valence-electron chi connectivity index (χ0n) is 9.53. The van der Waals surface area contributed by atoms with Gasteiger partial charge in [0.05, 0.1) is 0 Å². The van der Waals surface area contributed by atoms with Crippen molar-refractivity contribution < 1.29 is 9.90 Å². The van der Waals surface area contributed by atoms with Crippen LogP contribution < -0.4 is 0 Å². The fraction of sp³-hybridized carbons (Fsp3) is 0.231. The smallest absolute Gasteiger partial charge is 0.346 e. The molecule has 0 fully saturated rings. The molecular formula is C13H13NO2. The number of nitriles is 1. The molecule has 0 saturated carbocycles. The molecule has 1 rings (SSSR count). The Morgan fingerprint density at radius 3 is 2.19 bits per heavy atom. The third-order valence-corrected chi connectivity index (χ3v) is 2.38. The van der Waals surface area contributed by atoms with E-state index in [4.69, 9.17) is 10.4 Å². The number of benzene rings is 1. The summed E-state index contributed by atoms with van der Waals surface area (Å²) in [6.07, 6.45) is 1.42. The van der Waals surface area contributed by atoms with Crippen LogP contribution in [0.5, 0.6) is 0 Å². The minimum atomic E-state index is -1.19. The summed E-state index contributed by atoms with van der Waals surface area (Å²) in [4.78, 5) is 10.7. The van der Waals surface area contributed by atoms with E-state index in [0.29, 0.717) is 0 Å². The maximum absolute atomic E-state index is 10.7. The molecule has 1 N–H and O–H groups in total. The Labute approximate surface area is 94.6 Å². The highest BCUT2D eigenvalue weighted by Gasteiger charge is 2.08. The first kappa shape index (κ1) is 12.0. The van der Waals surface area contributed by atoms with E-state index in [1.54, 1.807) is 6.07 Å². The quantitative estimate of drug-likeness (QED) is 0.609. The van der Waals surface area contributed by atoms with E-state index in [2.05, 4.69) is 0 Å². The molecule has 0 aromatic heterocycles. The molecule has 0 amide bonds. The summed E-state index contributed by atoms with van der Waals surface area (Å²) in [6, 6.07) is 5.62. The van der Waals surface area contributed by atoms with Crippen molar-refractivity contribution in [3.63, 3.8) is 0 Å². The van der Waals surface area contributed by atoms with E-state index in [-0.39, 0.29) is 5.57 Å². The molecule has 0 heterocycles. The zero-order chi connectivity index (χ0) is 12.3. The highest BCUT2D eigenvalue weighted by molar-refractivity contribution is 5.96. The van der Waals surface area contributed by atoms with Gasteiger partial charge in [-0.25, -0.2) is 4.79 Å². The van der Waals surface area contributed by atoms with Crippen LogP contribution in [0.15, 0.2) is 17.7 Å². The number of rotatable bonds is 2. The van der Waals surface area contributed by atoms with Gasteiger partial charge < -0.3 is 5.11 Å². The number of hydrogen-bond donors (Lipinski definition) is 1. The summed E-state index contributed by atoms with van der Waals surface area (Å²) >= 11 is 0. The SMILES string of the molecule is Cc1cc(C)c(C=C(C#N)C(=O)O)c(C)c1. The molecule has 0 radical (unpaired) electrons. The van der Waals surface area contributed by atoms with Gasteiger partial charge in [0, 0.05) is 0 Å². The lowest BCUT2D eigenvalue weighted by Gasteiger charge is -2.07. The number of nitrogens with zero attached hydrogens (tertiary/aromatic N) is 1. The van der Waals surface area contributed by atoms with Gasteiger partial charge in [0.1, 0.15) is 11.6 Å². The number of carboxylic acid groups (broad SMARTS) is 1. The van der Waals surface area contributed by atoms with Crippen LogP contribution in [0.25, 0.3) is 6.08 Å². The summed E-state index contributed by atoms with van der Waals surface area (Å²) in [6.45, 7) is 5.79. The lowest BCUT2D eigenvalue weighted by molar-refractivity contribution is -0.132. The van der Waals surface area contributed by atoms with E-state index in [1.807, 2.05) is 32.9 Å². The van der Waals surface area contributed by atoms with Crippen LogP contribution in [0, 0.1) is 32.1 Å². The maximum Gasteiger partial charge on any atom is 0.346 e. The highest BCUT2D eigenvalue weighted by Crippen LogP contribution is 2.19. The highest BCUT2D eigenvalue weighted by atomic mass is 16.4. The molecule has 3 heteroatoms. The first-order valence-electron chi connectivity index (χ1n) is 4.88. The third-order valence-electron chi connectivity index (χ3n) is 2.38. The minimum Gasteiger partial charge on any atom is -0.477 e. The second-order valence-corrected chi connectivity index (χ2v) is 3.79. The normalized spacial score (nSPS) is 11.0. The van der Waals surface area contributed by atoms with Gasteiger partial charge in [-0.15, -0.1) is 0 Å². The standard InChI is InChI=1S/C13H13NO2/c1-8-4-9(2)12(10(3)5-8)6-11(7-14)13(15)16/h4-6H,1-3H3,(H,15,16). The molecule has 0 saturated heterocycles. The van der Waals surface area contributed by atoms with Gasteiger partial charge >= 0.3 is 5.97 Å². The van der Waals surface area contributed by atoms with Crippen molar-refractivity contribution in [3.05, 3.63) is 40.0 Å². The molecule has 0 atom stereocenters. The van der Waals surface area contributed by atoms with Crippen molar-refractivity contribution >= 4 is 12.0 Å².